The van der Waals surface area contributed by atoms with E-state index in [4.69, 9.17) is 9.47 Å². The Labute approximate surface area is 192 Å². The van der Waals surface area contributed by atoms with Gasteiger partial charge in [-0.2, -0.15) is 0 Å². The Morgan fingerprint density at radius 1 is 1.10 bits per heavy atom. The number of hydrogen-bond acceptors (Lipinski definition) is 5. The molecule has 0 aliphatic carbocycles. The molecule has 1 aliphatic rings. The van der Waals surface area contributed by atoms with E-state index in [-0.39, 0.29) is 42.0 Å². The molecule has 0 spiro atoms. The Kier molecular flexibility index (Phi) is 12.3. The van der Waals surface area contributed by atoms with Gasteiger partial charge in [-0.3, -0.25) is 4.99 Å². The van der Waals surface area contributed by atoms with Gasteiger partial charge in [0, 0.05) is 39.8 Å². The van der Waals surface area contributed by atoms with Crippen molar-refractivity contribution in [1.82, 2.24) is 20.4 Å². The molecule has 1 heterocycles. The predicted molar refractivity (Wildman–Crippen MR) is 125 cm³/mol. The van der Waals surface area contributed by atoms with Crippen molar-refractivity contribution in [2.75, 3.05) is 46.4 Å². The first-order valence-electron chi connectivity index (χ1n) is 9.94. The van der Waals surface area contributed by atoms with Crippen LogP contribution in [0.25, 0.3) is 0 Å². The third-order valence-electron chi connectivity index (χ3n) is 4.30. The minimum Gasteiger partial charge on any atom is -0.450 e. The van der Waals surface area contributed by atoms with Gasteiger partial charge in [0.05, 0.1) is 12.6 Å². The third-order valence-corrected chi connectivity index (χ3v) is 4.30. The quantitative estimate of drug-likeness (QED) is 0.324. The number of ether oxygens (including phenoxy) is 2. The molecule has 0 aromatic heterocycles. The highest BCUT2D eigenvalue weighted by Gasteiger charge is 2.25. The second-order valence-corrected chi connectivity index (χ2v) is 8.10. The van der Waals surface area contributed by atoms with Crippen LogP contribution in [0.5, 0.6) is 0 Å². The van der Waals surface area contributed by atoms with Crippen LogP contribution in [0.4, 0.5) is 9.59 Å². The zero-order valence-corrected chi connectivity index (χ0v) is 21.1. The van der Waals surface area contributed by atoms with Crippen LogP contribution >= 0.6 is 24.0 Å². The number of piperazine rings is 1. The highest BCUT2D eigenvalue weighted by atomic mass is 127. The number of carbonyl (C=O) groups is 2. The molecule has 2 N–H and O–H groups in total. The molecule has 10 heteroatoms. The molecular formula is C19H38IN5O4. The lowest BCUT2D eigenvalue weighted by Gasteiger charge is -2.36. The van der Waals surface area contributed by atoms with Crippen LogP contribution in [0.2, 0.25) is 0 Å². The summed E-state index contributed by atoms with van der Waals surface area (Å²) in [4.78, 5) is 32.1. The number of nitrogens with one attached hydrogen (secondary N) is 2. The fourth-order valence-corrected chi connectivity index (χ4v) is 2.76. The molecule has 2 amide bonds. The van der Waals surface area contributed by atoms with Gasteiger partial charge in [-0.05, 0) is 33.6 Å². The average molecular weight is 527 g/mol. The van der Waals surface area contributed by atoms with Crippen LogP contribution in [0, 0.1) is 5.92 Å². The van der Waals surface area contributed by atoms with Gasteiger partial charge >= 0.3 is 12.2 Å². The molecule has 0 saturated carbocycles. The predicted octanol–water partition coefficient (Wildman–Crippen LogP) is 2.50. The summed E-state index contributed by atoms with van der Waals surface area (Å²) in [7, 11) is 1.73. The zero-order valence-electron chi connectivity index (χ0n) is 18.8. The summed E-state index contributed by atoms with van der Waals surface area (Å²) in [5.74, 6) is 0.971. The van der Waals surface area contributed by atoms with Gasteiger partial charge in [0.25, 0.3) is 0 Å². The SMILES string of the molecule is CCOC(=O)N1CCN(C(=NC)NCC(NC(=O)OC(C)(C)C)C(C)C)CC1.I. The van der Waals surface area contributed by atoms with Crippen molar-refractivity contribution in [3.05, 3.63) is 0 Å². The Balaban J connectivity index is 0.00000784. The Morgan fingerprint density at radius 3 is 2.10 bits per heavy atom. The van der Waals surface area contributed by atoms with E-state index in [1.807, 2.05) is 34.6 Å². The van der Waals surface area contributed by atoms with Gasteiger partial charge in [-0.25, -0.2) is 9.59 Å². The minimum absolute atomic E-state index is 0. The van der Waals surface area contributed by atoms with Gasteiger partial charge in [0.2, 0.25) is 0 Å². The van der Waals surface area contributed by atoms with Crippen molar-refractivity contribution in [2.45, 2.75) is 53.2 Å². The number of halogens is 1. The molecule has 1 saturated heterocycles. The van der Waals surface area contributed by atoms with Gasteiger partial charge in [0.1, 0.15) is 5.60 Å². The molecule has 1 fully saturated rings. The maximum atomic E-state index is 12.1. The van der Waals surface area contributed by atoms with E-state index in [2.05, 4.69) is 20.5 Å². The number of alkyl carbamates (subject to hydrolysis) is 1. The van der Waals surface area contributed by atoms with Crippen molar-refractivity contribution in [1.29, 1.82) is 0 Å². The molecule has 9 nitrogen and oxygen atoms in total. The summed E-state index contributed by atoms with van der Waals surface area (Å²) < 4.78 is 10.4. The molecule has 1 unspecified atom stereocenters. The summed E-state index contributed by atoms with van der Waals surface area (Å²) in [5.41, 5.74) is -0.534. The maximum absolute atomic E-state index is 12.1. The molecule has 0 bridgehead atoms. The number of guanidine groups is 1. The molecule has 0 radical (unpaired) electrons. The van der Waals surface area contributed by atoms with E-state index in [0.717, 1.165) is 5.96 Å². The van der Waals surface area contributed by atoms with E-state index in [1.54, 1.807) is 18.9 Å². The first-order chi connectivity index (χ1) is 13.1. The van der Waals surface area contributed by atoms with E-state index in [1.165, 1.54) is 0 Å². The van der Waals surface area contributed by atoms with Crippen LogP contribution in [0.3, 0.4) is 0 Å². The molecule has 0 aromatic rings. The highest BCUT2D eigenvalue weighted by Crippen LogP contribution is 2.09. The molecule has 1 aliphatic heterocycles. The lowest BCUT2D eigenvalue weighted by atomic mass is 10.0. The van der Waals surface area contributed by atoms with Crippen LogP contribution in [-0.4, -0.2) is 86.0 Å². The second kappa shape index (κ2) is 13.0. The van der Waals surface area contributed by atoms with Gasteiger partial charge in [-0.1, -0.05) is 13.8 Å². The number of rotatable bonds is 5. The normalized spacial score (nSPS) is 16.1. The molecule has 170 valence electrons. The van der Waals surface area contributed by atoms with Crippen molar-refractivity contribution < 1.29 is 19.1 Å². The lowest BCUT2D eigenvalue weighted by molar-refractivity contribution is 0.0491. The number of amides is 2. The summed E-state index contributed by atoms with van der Waals surface area (Å²) in [6.45, 7) is 14.8. The largest absolute Gasteiger partial charge is 0.450 e. The zero-order chi connectivity index (χ0) is 21.3. The van der Waals surface area contributed by atoms with Crippen molar-refractivity contribution in [3.63, 3.8) is 0 Å². The Bertz CT molecular complexity index is 543. The summed E-state index contributed by atoms with van der Waals surface area (Å²) in [6, 6.07) is -0.104. The molecule has 1 rings (SSSR count). The van der Waals surface area contributed by atoms with Gasteiger partial charge in [0.15, 0.2) is 5.96 Å². The standard InChI is InChI=1S/C19H37N5O4.HI/c1-8-27-18(26)24-11-9-23(10-12-24)16(20-7)21-13-15(14(2)3)22-17(25)28-19(4,5)6;/h14-15H,8-13H2,1-7H3,(H,20,21)(H,22,25);1H. The second-order valence-electron chi connectivity index (χ2n) is 8.10. The fraction of sp³-hybridized carbons (Fsp3) is 0.842. The van der Waals surface area contributed by atoms with Gasteiger partial charge < -0.3 is 29.9 Å². The van der Waals surface area contributed by atoms with E-state index >= 15 is 0 Å². The summed E-state index contributed by atoms with van der Waals surface area (Å²) in [6.07, 6.45) is -0.697. The highest BCUT2D eigenvalue weighted by molar-refractivity contribution is 14.0. The fourth-order valence-electron chi connectivity index (χ4n) is 2.76. The number of aliphatic imine (C=N–C) groups is 1. The van der Waals surface area contributed by atoms with E-state index in [9.17, 15) is 9.59 Å². The van der Waals surface area contributed by atoms with Crippen LogP contribution in [0.15, 0.2) is 4.99 Å². The number of carbonyl (C=O) groups excluding carboxylic acids is 2. The van der Waals surface area contributed by atoms with Crippen molar-refractivity contribution in [3.8, 4) is 0 Å². The Hall–Kier alpha value is -1.46. The monoisotopic (exact) mass is 527 g/mol. The van der Waals surface area contributed by atoms with Crippen molar-refractivity contribution in [2.24, 2.45) is 10.9 Å². The molecule has 1 atom stereocenters. The first kappa shape index (κ1) is 27.5. The smallest absolute Gasteiger partial charge is 0.409 e. The maximum Gasteiger partial charge on any atom is 0.409 e. The van der Waals surface area contributed by atoms with Gasteiger partial charge in [-0.15, -0.1) is 24.0 Å². The number of nitrogens with zero attached hydrogens (tertiary/aromatic N) is 3. The number of hydrogen-bond donors (Lipinski definition) is 2. The van der Waals surface area contributed by atoms with Crippen LogP contribution in [-0.2, 0) is 9.47 Å². The van der Waals surface area contributed by atoms with E-state index in [0.29, 0.717) is 39.3 Å². The molecular weight excluding hydrogens is 489 g/mol. The summed E-state index contributed by atoms with van der Waals surface area (Å²) in [5, 5.41) is 6.25. The lowest BCUT2D eigenvalue weighted by Crippen LogP contribution is -2.56. The van der Waals surface area contributed by atoms with Crippen LogP contribution < -0.4 is 10.6 Å². The Morgan fingerprint density at radius 2 is 1.66 bits per heavy atom. The molecule has 0 aromatic carbocycles. The average Bonchev–Trinajstić information content (AvgIpc) is 2.60. The van der Waals surface area contributed by atoms with Crippen LogP contribution in [0.1, 0.15) is 41.5 Å². The third kappa shape index (κ3) is 10.2. The van der Waals surface area contributed by atoms with Crippen molar-refractivity contribution >= 4 is 42.1 Å². The summed E-state index contributed by atoms with van der Waals surface area (Å²) >= 11 is 0. The van der Waals surface area contributed by atoms with E-state index < -0.39 is 11.7 Å². The molecule has 29 heavy (non-hydrogen) atoms. The topological polar surface area (TPSA) is 95.5 Å². The first-order valence-corrected chi connectivity index (χ1v) is 9.94. The minimum atomic E-state index is -0.534.